The van der Waals surface area contributed by atoms with Gasteiger partial charge in [0.2, 0.25) is 11.8 Å². The highest BCUT2D eigenvalue weighted by atomic mass is 16.2. The van der Waals surface area contributed by atoms with E-state index in [1.807, 2.05) is 6.92 Å². The van der Waals surface area contributed by atoms with Crippen LogP contribution in [0.5, 0.6) is 0 Å². The number of carbonyl (C=O) groups excluding carboxylic acids is 2. The van der Waals surface area contributed by atoms with Crippen LogP contribution in [0.25, 0.3) is 0 Å². The SMILES string of the molecule is CCNC(=NCC(=O)N(C)C)NCCC(=O)NC1CCCC1. The van der Waals surface area contributed by atoms with Gasteiger partial charge in [-0.05, 0) is 19.8 Å². The van der Waals surface area contributed by atoms with Crippen molar-refractivity contribution >= 4 is 17.8 Å². The number of rotatable bonds is 7. The van der Waals surface area contributed by atoms with Crippen LogP contribution in [0.3, 0.4) is 0 Å². The van der Waals surface area contributed by atoms with E-state index in [-0.39, 0.29) is 18.4 Å². The van der Waals surface area contributed by atoms with Crippen LogP contribution in [0.15, 0.2) is 4.99 Å². The number of aliphatic imine (C=N–C) groups is 1. The highest BCUT2D eigenvalue weighted by Gasteiger charge is 2.16. The second-order valence-electron chi connectivity index (χ2n) is 5.71. The lowest BCUT2D eigenvalue weighted by atomic mass is 10.2. The van der Waals surface area contributed by atoms with Gasteiger partial charge in [0.25, 0.3) is 0 Å². The maximum Gasteiger partial charge on any atom is 0.243 e. The first kappa shape index (κ1) is 18.3. The zero-order valence-electron chi connectivity index (χ0n) is 13.9. The highest BCUT2D eigenvalue weighted by molar-refractivity contribution is 5.85. The Hall–Kier alpha value is -1.79. The number of hydrogen-bond donors (Lipinski definition) is 3. The summed E-state index contributed by atoms with van der Waals surface area (Å²) in [7, 11) is 3.40. The normalized spacial score (nSPS) is 15.5. The molecule has 1 rings (SSSR count). The Morgan fingerprint density at radius 3 is 2.45 bits per heavy atom. The molecule has 3 N–H and O–H groups in total. The molecule has 0 aromatic carbocycles. The Morgan fingerprint density at radius 2 is 1.86 bits per heavy atom. The molecule has 7 nitrogen and oxygen atoms in total. The van der Waals surface area contributed by atoms with Crippen LogP contribution in [0.4, 0.5) is 0 Å². The molecule has 1 aliphatic rings. The van der Waals surface area contributed by atoms with Gasteiger partial charge in [-0.1, -0.05) is 12.8 Å². The second kappa shape index (κ2) is 10.0. The van der Waals surface area contributed by atoms with Crippen molar-refractivity contribution in [1.82, 2.24) is 20.9 Å². The van der Waals surface area contributed by atoms with Crippen molar-refractivity contribution in [1.29, 1.82) is 0 Å². The Labute approximate surface area is 132 Å². The smallest absolute Gasteiger partial charge is 0.243 e. The molecule has 22 heavy (non-hydrogen) atoms. The molecule has 0 atom stereocenters. The average molecular weight is 311 g/mol. The van der Waals surface area contributed by atoms with Gasteiger partial charge in [0, 0.05) is 39.6 Å². The standard InChI is InChI=1S/C15H29N5O2/c1-4-16-15(18-11-14(22)20(2)3)17-10-9-13(21)19-12-7-5-6-8-12/h12H,4-11H2,1-3H3,(H,19,21)(H2,16,17,18). The lowest BCUT2D eigenvalue weighted by Crippen LogP contribution is -2.41. The van der Waals surface area contributed by atoms with Gasteiger partial charge in [-0.2, -0.15) is 0 Å². The summed E-state index contributed by atoms with van der Waals surface area (Å²) < 4.78 is 0. The molecule has 2 amide bonds. The number of likely N-dealkylation sites (N-methyl/N-ethyl adjacent to an activating group) is 1. The monoisotopic (exact) mass is 311 g/mol. The molecule has 0 aromatic rings. The molecule has 0 heterocycles. The summed E-state index contributed by atoms with van der Waals surface area (Å²) in [5.41, 5.74) is 0. The van der Waals surface area contributed by atoms with E-state index >= 15 is 0 Å². The minimum Gasteiger partial charge on any atom is -0.357 e. The van der Waals surface area contributed by atoms with Crippen molar-refractivity contribution in [3.05, 3.63) is 0 Å². The van der Waals surface area contributed by atoms with Crippen molar-refractivity contribution in [3.63, 3.8) is 0 Å². The molecule has 0 aliphatic heterocycles. The zero-order valence-corrected chi connectivity index (χ0v) is 13.9. The maximum atomic E-state index is 11.8. The molecule has 0 bridgehead atoms. The third kappa shape index (κ3) is 7.28. The van der Waals surface area contributed by atoms with E-state index in [4.69, 9.17) is 0 Å². The summed E-state index contributed by atoms with van der Waals surface area (Å²) in [4.78, 5) is 29.1. The van der Waals surface area contributed by atoms with Gasteiger partial charge in [0.05, 0.1) is 0 Å². The summed E-state index contributed by atoms with van der Waals surface area (Å²) in [5.74, 6) is 0.571. The molecule has 126 valence electrons. The summed E-state index contributed by atoms with van der Waals surface area (Å²) in [5, 5.41) is 9.19. The van der Waals surface area contributed by atoms with E-state index in [1.165, 1.54) is 17.7 Å². The van der Waals surface area contributed by atoms with Crippen molar-refractivity contribution in [2.45, 2.75) is 45.1 Å². The topological polar surface area (TPSA) is 85.8 Å². The average Bonchev–Trinajstić information content (AvgIpc) is 2.97. The number of carbonyl (C=O) groups is 2. The lowest BCUT2D eigenvalue weighted by Gasteiger charge is -2.14. The van der Waals surface area contributed by atoms with Crippen LogP contribution < -0.4 is 16.0 Å². The minimum atomic E-state index is -0.0591. The number of guanidine groups is 1. The van der Waals surface area contributed by atoms with E-state index in [0.717, 1.165) is 12.8 Å². The number of nitrogens with one attached hydrogen (secondary N) is 3. The van der Waals surface area contributed by atoms with Gasteiger partial charge in [-0.25, -0.2) is 4.99 Å². The predicted octanol–water partition coefficient (Wildman–Crippen LogP) is 0.0786. The van der Waals surface area contributed by atoms with Crippen LogP contribution >= 0.6 is 0 Å². The van der Waals surface area contributed by atoms with Crippen molar-refractivity contribution in [2.24, 2.45) is 4.99 Å². The van der Waals surface area contributed by atoms with Crippen LogP contribution in [-0.2, 0) is 9.59 Å². The first-order valence-electron chi connectivity index (χ1n) is 8.04. The number of hydrogen-bond acceptors (Lipinski definition) is 3. The molecule has 0 radical (unpaired) electrons. The van der Waals surface area contributed by atoms with E-state index in [0.29, 0.717) is 31.5 Å². The molecule has 0 spiro atoms. The van der Waals surface area contributed by atoms with Crippen LogP contribution in [-0.4, -0.2) is 62.4 Å². The predicted molar refractivity (Wildman–Crippen MR) is 87.7 cm³/mol. The quantitative estimate of drug-likeness (QED) is 0.459. The fraction of sp³-hybridized carbons (Fsp3) is 0.800. The summed E-state index contributed by atoms with van der Waals surface area (Å²) in [6.45, 7) is 3.26. The second-order valence-corrected chi connectivity index (χ2v) is 5.71. The Bertz CT molecular complexity index is 389. The van der Waals surface area contributed by atoms with Crippen LogP contribution in [0.1, 0.15) is 39.0 Å². The van der Waals surface area contributed by atoms with Crippen molar-refractivity contribution < 1.29 is 9.59 Å². The minimum absolute atomic E-state index is 0.0591. The third-order valence-corrected chi connectivity index (χ3v) is 3.58. The molecule has 1 fully saturated rings. The molecule has 0 unspecified atom stereocenters. The highest BCUT2D eigenvalue weighted by Crippen LogP contribution is 2.17. The number of amides is 2. The fourth-order valence-electron chi connectivity index (χ4n) is 2.29. The maximum absolute atomic E-state index is 11.8. The fourth-order valence-corrected chi connectivity index (χ4v) is 2.29. The third-order valence-electron chi connectivity index (χ3n) is 3.58. The lowest BCUT2D eigenvalue weighted by molar-refractivity contribution is -0.127. The first-order chi connectivity index (χ1) is 10.5. The summed E-state index contributed by atoms with van der Waals surface area (Å²) in [6.07, 6.45) is 5.01. The van der Waals surface area contributed by atoms with Crippen molar-refractivity contribution in [2.75, 3.05) is 33.7 Å². The van der Waals surface area contributed by atoms with E-state index in [2.05, 4.69) is 20.9 Å². The molecular weight excluding hydrogens is 282 g/mol. The van der Waals surface area contributed by atoms with Crippen LogP contribution in [0.2, 0.25) is 0 Å². The van der Waals surface area contributed by atoms with Gasteiger partial charge >= 0.3 is 0 Å². The zero-order chi connectivity index (χ0) is 16.4. The molecule has 0 saturated heterocycles. The molecule has 7 heteroatoms. The van der Waals surface area contributed by atoms with E-state index in [9.17, 15) is 9.59 Å². The van der Waals surface area contributed by atoms with E-state index < -0.39 is 0 Å². The molecule has 0 aromatic heterocycles. The van der Waals surface area contributed by atoms with Gasteiger partial charge in [0.15, 0.2) is 5.96 Å². The molecule has 1 saturated carbocycles. The Morgan fingerprint density at radius 1 is 1.18 bits per heavy atom. The first-order valence-corrected chi connectivity index (χ1v) is 8.04. The van der Waals surface area contributed by atoms with Crippen molar-refractivity contribution in [3.8, 4) is 0 Å². The molecular formula is C15H29N5O2. The van der Waals surface area contributed by atoms with Gasteiger partial charge in [0.1, 0.15) is 6.54 Å². The van der Waals surface area contributed by atoms with Crippen LogP contribution in [0, 0.1) is 0 Å². The Kier molecular flexibility index (Phi) is 8.32. The summed E-state index contributed by atoms with van der Waals surface area (Å²) >= 11 is 0. The van der Waals surface area contributed by atoms with Gasteiger partial charge < -0.3 is 20.9 Å². The molecule has 1 aliphatic carbocycles. The van der Waals surface area contributed by atoms with E-state index in [1.54, 1.807) is 14.1 Å². The van der Waals surface area contributed by atoms with Gasteiger partial charge in [-0.15, -0.1) is 0 Å². The number of nitrogens with zero attached hydrogens (tertiary/aromatic N) is 2. The largest absolute Gasteiger partial charge is 0.357 e. The van der Waals surface area contributed by atoms with Gasteiger partial charge in [-0.3, -0.25) is 9.59 Å². The Balaban J connectivity index is 2.29. The summed E-state index contributed by atoms with van der Waals surface area (Å²) in [6, 6.07) is 0.354.